The number of allylic oxidation sites excluding steroid dienone is 1. The molecule has 0 fully saturated rings. The van der Waals surface area contributed by atoms with E-state index < -0.39 is 0 Å². The van der Waals surface area contributed by atoms with Crippen molar-refractivity contribution < 1.29 is 9.53 Å². The molecular formula is C11H12O2S. The summed E-state index contributed by atoms with van der Waals surface area (Å²) in [6.07, 6.45) is 3.40. The van der Waals surface area contributed by atoms with E-state index in [9.17, 15) is 4.79 Å². The minimum absolute atomic E-state index is 0.119. The van der Waals surface area contributed by atoms with E-state index in [1.165, 1.54) is 4.88 Å². The van der Waals surface area contributed by atoms with Gasteiger partial charge in [0.25, 0.3) is 0 Å². The van der Waals surface area contributed by atoms with Crippen LogP contribution >= 0.6 is 11.3 Å². The maximum absolute atomic E-state index is 11.9. The van der Waals surface area contributed by atoms with Crippen LogP contribution in [0, 0.1) is 6.92 Å². The lowest BCUT2D eigenvalue weighted by atomic mass is 10.0. The van der Waals surface area contributed by atoms with Gasteiger partial charge in [-0.25, -0.2) is 0 Å². The molecule has 0 saturated heterocycles. The molecule has 0 amide bonds. The lowest BCUT2D eigenvalue weighted by Crippen LogP contribution is -2.08. The van der Waals surface area contributed by atoms with Gasteiger partial charge in [0.05, 0.1) is 12.9 Å². The van der Waals surface area contributed by atoms with Gasteiger partial charge in [-0.15, -0.1) is 11.3 Å². The first kappa shape index (κ1) is 9.46. The van der Waals surface area contributed by atoms with Crippen molar-refractivity contribution in [1.82, 2.24) is 0 Å². The van der Waals surface area contributed by atoms with Crippen LogP contribution in [0.1, 0.15) is 28.1 Å². The van der Waals surface area contributed by atoms with E-state index in [0.29, 0.717) is 0 Å². The standard InChI is InChI=1S/C11H12O2S/c1-8-5-10(7-14-8)11(12)9-3-2-4-13-6-9/h5-7H,2-4H2,1H3. The fourth-order valence-corrected chi connectivity index (χ4v) is 2.16. The topological polar surface area (TPSA) is 26.3 Å². The summed E-state index contributed by atoms with van der Waals surface area (Å²) >= 11 is 1.61. The zero-order valence-corrected chi connectivity index (χ0v) is 8.89. The third kappa shape index (κ3) is 1.87. The third-order valence-electron chi connectivity index (χ3n) is 2.22. The maximum atomic E-state index is 11.9. The Morgan fingerprint density at radius 1 is 1.57 bits per heavy atom. The number of thiophene rings is 1. The number of ketones is 1. The van der Waals surface area contributed by atoms with Crippen LogP contribution in [0.5, 0.6) is 0 Å². The molecule has 0 radical (unpaired) electrons. The van der Waals surface area contributed by atoms with Gasteiger partial charge in [0, 0.05) is 21.4 Å². The Morgan fingerprint density at radius 2 is 2.43 bits per heavy atom. The zero-order chi connectivity index (χ0) is 9.97. The fourth-order valence-electron chi connectivity index (χ4n) is 1.48. The van der Waals surface area contributed by atoms with E-state index in [1.54, 1.807) is 17.6 Å². The normalized spacial score (nSPS) is 15.9. The van der Waals surface area contributed by atoms with E-state index in [2.05, 4.69) is 0 Å². The molecule has 3 heteroatoms. The second-order valence-corrected chi connectivity index (χ2v) is 4.51. The fraction of sp³-hybridized carbons (Fsp3) is 0.364. The highest BCUT2D eigenvalue weighted by molar-refractivity contribution is 7.10. The average Bonchev–Trinajstić information content (AvgIpc) is 2.65. The first-order valence-corrected chi connectivity index (χ1v) is 5.56. The SMILES string of the molecule is Cc1cc(C(=O)C2=COCCC2)cs1. The lowest BCUT2D eigenvalue weighted by Gasteiger charge is -2.11. The van der Waals surface area contributed by atoms with Crippen LogP contribution in [-0.2, 0) is 4.74 Å². The highest BCUT2D eigenvalue weighted by atomic mass is 32.1. The van der Waals surface area contributed by atoms with Crippen LogP contribution in [0.25, 0.3) is 0 Å². The molecule has 0 N–H and O–H groups in total. The van der Waals surface area contributed by atoms with Gasteiger partial charge < -0.3 is 4.74 Å². The van der Waals surface area contributed by atoms with E-state index in [4.69, 9.17) is 4.74 Å². The monoisotopic (exact) mass is 208 g/mol. The number of hydrogen-bond donors (Lipinski definition) is 0. The van der Waals surface area contributed by atoms with Crippen molar-refractivity contribution in [1.29, 1.82) is 0 Å². The second kappa shape index (κ2) is 3.96. The molecule has 1 aromatic heterocycles. The minimum Gasteiger partial charge on any atom is -0.501 e. The third-order valence-corrected chi connectivity index (χ3v) is 3.08. The van der Waals surface area contributed by atoms with Gasteiger partial charge in [0.1, 0.15) is 0 Å². The van der Waals surface area contributed by atoms with Crippen molar-refractivity contribution in [3.63, 3.8) is 0 Å². The van der Waals surface area contributed by atoms with Gasteiger partial charge in [-0.1, -0.05) is 0 Å². The van der Waals surface area contributed by atoms with Crippen LogP contribution in [0.4, 0.5) is 0 Å². The Balaban J connectivity index is 2.19. The molecule has 0 atom stereocenters. The summed E-state index contributed by atoms with van der Waals surface area (Å²) in [6, 6.07) is 1.93. The molecule has 1 aliphatic rings. The number of ether oxygens (including phenoxy) is 1. The zero-order valence-electron chi connectivity index (χ0n) is 8.08. The molecule has 0 saturated carbocycles. The number of rotatable bonds is 2. The lowest BCUT2D eigenvalue weighted by molar-refractivity contribution is 0.101. The van der Waals surface area contributed by atoms with Gasteiger partial charge in [0.2, 0.25) is 0 Å². The number of carbonyl (C=O) groups excluding carboxylic acids is 1. The van der Waals surface area contributed by atoms with Gasteiger partial charge >= 0.3 is 0 Å². The number of hydrogen-bond acceptors (Lipinski definition) is 3. The predicted molar refractivity (Wildman–Crippen MR) is 56.7 cm³/mol. The molecular weight excluding hydrogens is 196 g/mol. The Hall–Kier alpha value is -1.09. The summed E-state index contributed by atoms with van der Waals surface area (Å²) in [5.41, 5.74) is 1.60. The van der Waals surface area contributed by atoms with E-state index in [1.807, 2.05) is 18.4 Å². The molecule has 1 aromatic rings. The molecule has 14 heavy (non-hydrogen) atoms. The van der Waals surface area contributed by atoms with E-state index >= 15 is 0 Å². The summed E-state index contributed by atoms with van der Waals surface area (Å²) in [7, 11) is 0. The molecule has 0 spiro atoms. The summed E-state index contributed by atoms with van der Waals surface area (Å²) in [6.45, 7) is 2.74. The summed E-state index contributed by atoms with van der Waals surface area (Å²) < 4.78 is 5.15. The Morgan fingerprint density at radius 3 is 3.00 bits per heavy atom. The van der Waals surface area contributed by atoms with Crippen LogP contribution in [-0.4, -0.2) is 12.4 Å². The molecule has 2 nitrogen and oxygen atoms in total. The van der Waals surface area contributed by atoms with Crippen LogP contribution in [0.3, 0.4) is 0 Å². The Kier molecular flexibility index (Phi) is 2.68. The second-order valence-electron chi connectivity index (χ2n) is 3.39. The first-order chi connectivity index (χ1) is 6.77. The largest absolute Gasteiger partial charge is 0.501 e. The van der Waals surface area contributed by atoms with Crippen molar-refractivity contribution >= 4 is 17.1 Å². The van der Waals surface area contributed by atoms with Crippen molar-refractivity contribution in [3.8, 4) is 0 Å². The number of Topliss-reactive ketones (excluding diaryl/α,β-unsaturated/α-hetero) is 1. The van der Waals surface area contributed by atoms with Gasteiger partial charge in [0.15, 0.2) is 5.78 Å². The van der Waals surface area contributed by atoms with E-state index in [0.717, 1.165) is 30.6 Å². The van der Waals surface area contributed by atoms with Crippen molar-refractivity contribution in [2.45, 2.75) is 19.8 Å². The van der Waals surface area contributed by atoms with Crippen molar-refractivity contribution in [3.05, 3.63) is 33.7 Å². The molecule has 0 unspecified atom stereocenters. The minimum atomic E-state index is 0.119. The first-order valence-electron chi connectivity index (χ1n) is 4.68. The van der Waals surface area contributed by atoms with Crippen LogP contribution in [0.15, 0.2) is 23.3 Å². The summed E-state index contributed by atoms with van der Waals surface area (Å²) in [5, 5.41) is 1.91. The molecule has 2 rings (SSSR count). The van der Waals surface area contributed by atoms with Gasteiger partial charge in [-0.05, 0) is 25.8 Å². The number of aryl methyl sites for hydroxylation is 1. The molecule has 2 heterocycles. The molecule has 0 aromatic carbocycles. The highest BCUT2D eigenvalue weighted by Gasteiger charge is 2.15. The van der Waals surface area contributed by atoms with Crippen LogP contribution < -0.4 is 0 Å². The highest BCUT2D eigenvalue weighted by Crippen LogP contribution is 2.21. The number of carbonyl (C=O) groups is 1. The maximum Gasteiger partial charge on any atom is 0.192 e. The molecule has 0 bridgehead atoms. The summed E-state index contributed by atoms with van der Waals surface area (Å²) in [4.78, 5) is 13.0. The average molecular weight is 208 g/mol. The smallest absolute Gasteiger partial charge is 0.192 e. The van der Waals surface area contributed by atoms with E-state index in [-0.39, 0.29) is 5.78 Å². The molecule has 0 aliphatic carbocycles. The molecule has 1 aliphatic heterocycles. The van der Waals surface area contributed by atoms with Crippen molar-refractivity contribution in [2.24, 2.45) is 0 Å². The van der Waals surface area contributed by atoms with Gasteiger partial charge in [-0.2, -0.15) is 0 Å². The van der Waals surface area contributed by atoms with Gasteiger partial charge in [-0.3, -0.25) is 4.79 Å². The Labute approximate surface area is 87.2 Å². The Bertz CT molecular complexity index is 376. The quantitative estimate of drug-likeness (QED) is 0.698. The summed E-state index contributed by atoms with van der Waals surface area (Å²) in [5.74, 6) is 0.119. The molecule has 74 valence electrons. The van der Waals surface area contributed by atoms with Crippen molar-refractivity contribution in [2.75, 3.05) is 6.61 Å². The predicted octanol–water partition coefficient (Wildman–Crippen LogP) is 2.93. The van der Waals surface area contributed by atoms with Crippen LogP contribution in [0.2, 0.25) is 0 Å².